The van der Waals surface area contributed by atoms with Gasteiger partial charge in [-0.05, 0) is 50.6 Å². The van der Waals surface area contributed by atoms with E-state index >= 15 is 0 Å². The molecule has 2 atom stereocenters. The summed E-state index contributed by atoms with van der Waals surface area (Å²) in [6, 6.07) is 13.5. The minimum Gasteiger partial charge on any atom is -0.497 e. The van der Waals surface area contributed by atoms with Crippen molar-refractivity contribution in [1.29, 1.82) is 0 Å². The van der Waals surface area contributed by atoms with Crippen LogP contribution in [0.2, 0.25) is 5.02 Å². The number of likely N-dealkylation sites (tertiary alicyclic amines) is 2. The Morgan fingerprint density at radius 1 is 1.05 bits per heavy atom. The predicted octanol–water partition coefficient (Wildman–Crippen LogP) is 5.27. The Bertz CT molecular complexity index is 1250. The number of rotatable bonds is 8. The summed E-state index contributed by atoms with van der Waals surface area (Å²) in [5.74, 6) is 2.54. The summed E-state index contributed by atoms with van der Waals surface area (Å²) < 4.78 is 13.2. The first-order chi connectivity index (χ1) is 18.0. The summed E-state index contributed by atoms with van der Waals surface area (Å²) in [4.78, 5) is 22.8. The van der Waals surface area contributed by atoms with E-state index < -0.39 is 0 Å². The van der Waals surface area contributed by atoms with E-state index in [1.165, 1.54) is 19.3 Å². The van der Waals surface area contributed by atoms with Gasteiger partial charge in [-0.1, -0.05) is 36.2 Å². The molecule has 0 bridgehead atoms. The van der Waals surface area contributed by atoms with E-state index in [4.69, 9.17) is 26.1 Å². The van der Waals surface area contributed by atoms with Crippen molar-refractivity contribution >= 4 is 17.5 Å². The number of benzene rings is 2. The second-order valence-corrected chi connectivity index (χ2v) is 10.4. The summed E-state index contributed by atoms with van der Waals surface area (Å²) >= 11 is 6.55. The van der Waals surface area contributed by atoms with E-state index in [0.717, 1.165) is 60.2 Å². The Morgan fingerprint density at radius 2 is 1.84 bits per heavy atom. The molecule has 7 nitrogen and oxygen atoms in total. The Kier molecular flexibility index (Phi) is 7.72. The van der Waals surface area contributed by atoms with Crippen molar-refractivity contribution in [3.63, 3.8) is 0 Å². The summed E-state index contributed by atoms with van der Waals surface area (Å²) in [6.45, 7) is 3.54. The third-order valence-corrected chi connectivity index (χ3v) is 8.02. The zero-order chi connectivity index (χ0) is 25.9. The highest BCUT2D eigenvalue weighted by Gasteiger charge is 2.41. The van der Waals surface area contributed by atoms with Crippen molar-refractivity contribution in [3.05, 3.63) is 65.1 Å². The smallest absolute Gasteiger partial charge is 0.227 e. The van der Waals surface area contributed by atoms with Crippen LogP contribution in [0.1, 0.15) is 43.1 Å². The normalized spacial score (nSPS) is 20.4. The highest BCUT2D eigenvalue weighted by atomic mass is 35.5. The number of methoxy groups -OCH3 is 2. The lowest BCUT2D eigenvalue weighted by molar-refractivity contribution is -0.131. The van der Waals surface area contributed by atoms with Gasteiger partial charge in [-0.2, -0.15) is 0 Å². The van der Waals surface area contributed by atoms with Crippen LogP contribution in [0.15, 0.2) is 48.7 Å². The SMILES string of the molecule is COc1ccc(Cn2cc(-c3ccccc3Cl)nc2[C@@H]2C[C@H](CN3CCCCC3)C(=O)N2C)c(OC)c1. The summed E-state index contributed by atoms with van der Waals surface area (Å²) in [6.07, 6.45) is 6.51. The number of nitrogens with zero attached hydrogens (tertiary/aromatic N) is 4. The van der Waals surface area contributed by atoms with Crippen molar-refractivity contribution in [2.75, 3.05) is 40.9 Å². The van der Waals surface area contributed by atoms with Crippen LogP contribution >= 0.6 is 11.6 Å². The molecule has 3 heterocycles. The predicted molar refractivity (Wildman–Crippen MR) is 145 cm³/mol. The van der Waals surface area contributed by atoms with Crippen LogP contribution in [0.3, 0.4) is 0 Å². The van der Waals surface area contributed by atoms with Gasteiger partial charge in [0.05, 0.1) is 43.4 Å². The Balaban J connectivity index is 1.49. The fourth-order valence-corrected chi connectivity index (χ4v) is 5.87. The molecule has 2 aliphatic rings. The number of aromatic nitrogens is 2. The standard InChI is InChI=1S/C29H35ClN4O3/c1-32-26(15-21(29(32)35)17-33-13-7-4-8-14-33)28-31-25(23-9-5-6-10-24(23)30)19-34(28)18-20-11-12-22(36-2)16-27(20)37-3/h5-6,9-12,16,19,21,26H,4,7-8,13-15,17-18H2,1-3H3/t21-,26+/m1/s1. The molecule has 0 spiro atoms. The van der Waals surface area contributed by atoms with Crippen LogP contribution in [0.5, 0.6) is 11.5 Å². The van der Waals surface area contributed by atoms with Gasteiger partial charge in [0, 0.05) is 37.0 Å². The van der Waals surface area contributed by atoms with Gasteiger partial charge in [0.25, 0.3) is 0 Å². The molecule has 3 aromatic rings. The lowest BCUT2D eigenvalue weighted by Gasteiger charge is -2.28. The molecule has 37 heavy (non-hydrogen) atoms. The molecule has 1 amide bonds. The van der Waals surface area contributed by atoms with E-state index in [9.17, 15) is 4.79 Å². The fourth-order valence-electron chi connectivity index (χ4n) is 5.64. The molecule has 0 aliphatic carbocycles. The molecule has 2 fully saturated rings. The molecule has 0 saturated carbocycles. The molecule has 2 aromatic carbocycles. The van der Waals surface area contributed by atoms with Crippen LogP contribution in [-0.4, -0.2) is 66.2 Å². The summed E-state index contributed by atoms with van der Waals surface area (Å²) in [7, 11) is 5.22. The fraction of sp³-hybridized carbons (Fsp3) is 0.448. The quantitative estimate of drug-likeness (QED) is 0.403. The van der Waals surface area contributed by atoms with Gasteiger partial charge < -0.3 is 23.8 Å². The average molecular weight is 523 g/mol. The minimum absolute atomic E-state index is 0.0162. The van der Waals surface area contributed by atoms with Gasteiger partial charge in [0.2, 0.25) is 5.91 Å². The van der Waals surface area contributed by atoms with Gasteiger partial charge >= 0.3 is 0 Å². The summed E-state index contributed by atoms with van der Waals surface area (Å²) in [5, 5.41) is 0.652. The monoisotopic (exact) mass is 522 g/mol. The maximum Gasteiger partial charge on any atom is 0.227 e. The lowest BCUT2D eigenvalue weighted by Crippen LogP contribution is -2.37. The van der Waals surface area contributed by atoms with Crippen LogP contribution in [0.25, 0.3) is 11.3 Å². The molecular weight excluding hydrogens is 488 g/mol. The molecule has 0 N–H and O–H groups in total. The molecule has 5 rings (SSSR count). The van der Waals surface area contributed by atoms with E-state index in [2.05, 4.69) is 9.47 Å². The average Bonchev–Trinajstić information content (AvgIpc) is 3.45. The van der Waals surface area contributed by atoms with Crippen molar-refractivity contribution in [2.24, 2.45) is 5.92 Å². The molecule has 2 aliphatic heterocycles. The number of carbonyl (C=O) groups excluding carboxylic acids is 1. The zero-order valence-corrected chi connectivity index (χ0v) is 22.6. The van der Waals surface area contributed by atoms with Crippen LogP contribution in [0.4, 0.5) is 0 Å². The second kappa shape index (κ2) is 11.2. The van der Waals surface area contributed by atoms with E-state index in [0.29, 0.717) is 11.6 Å². The van der Waals surface area contributed by atoms with Crippen molar-refractivity contribution < 1.29 is 14.3 Å². The minimum atomic E-state index is -0.109. The third kappa shape index (κ3) is 5.34. The van der Waals surface area contributed by atoms with Crippen LogP contribution in [-0.2, 0) is 11.3 Å². The lowest BCUT2D eigenvalue weighted by atomic mass is 10.0. The first-order valence-electron chi connectivity index (χ1n) is 13.0. The molecule has 0 radical (unpaired) electrons. The molecule has 8 heteroatoms. The number of ether oxygens (including phenoxy) is 2. The Labute approximate surface area is 223 Å². The first-order valence-corrected chi connectivity index (χ1v) is 13.4. The van der Waals surface area contributed by atoms with Gasteiger partial charge in [-0.25, -0.2) is 4.98 Å². The zero-order valence-electron chi connectivity index (χ0n) is 21.8. The van der Waals surface area contributed by atoms with Crippen LogP contribution in [0, 0.1) is 5.92 Å². The van der Waals surface area contributed by atoms with Gasteiger partial charge in [-0.15, -0.1) is 0 Å². The summed E-state index contributed by atoms with van der Waals surface area (Å²) in [5.41, 5.74) is 2.68. The highest BCUT2D eigenvalue weighted by Crippen LogP contribution is 2.38. The number of hydrogen-bond acceptors (Lipinski definition) is 5. The van der Waals surface area contributed by atoms with Crippen molar-refractivity contribution in [3.8, 4) is 22.8 Å². The molecule has 2 saturated heterocycles. The van der Waals surface area contributed by atoms with Gasteiger partial charge in [-0.3, -0.25) is 4.79 Å². The first kappa shape index (κ1) is 25.6. The Morgan fingerprint density at radius 3 is 2.57 bits per heavy atom. The number of imidazole rings is 1. The molecule has 196 valence electrons. The topological polar surface area (TPSA) is 59.8 Å². The number of halogens is 1. The van der Waals surface area contributed by atoms with Gasteiger partial charge in [0.15, 0.2) is 0 Å². The van der Waals surface area contributed by atoms with Gasteiger partial charge in [0.1, 0.15) is 17.3 Å². The van der Waals surface area contributed by atoms with E-state index in [-0.39, 0.29) is 17.9 Å². The maximum absolute atomic E-state index is 13.3. The number of amides is 1. The maximum atomic E-state index is 13.3. The van der Waals surface area contributed by atoms with E-state index in [1.54, 1.807) is 14.2 Å². The third-order valence-electron chi connectivity index (χ3n) is 7.69. The van der Waals surface area contributed by atoms with Crippen LogP contribution < -0.4 is 9.47 Å². The molecule has 1 aromatic heterocycles. The van der Waals surface area contributed by atoms with Crippen molar-refractivity contribution in [1.82, 2.24) is 19.4 Å². The second-order valence-electron chi connectivity index (χ2n) is 10.0. The largest absolute Gasteiger partial charge is 0.497 e. The van der Waals surface area contributed by atoms with Crippen molar-refractivity contribution in [2.45, 2.75) is 38.3 Å². The molecular formula is C29H35ClN4O3. The number of piperidine rings is 1. The highest BCUT2D eigenvalue weighted by molar-refractivity contribution is 6.33. The van der Waals surface area contributed by atoms with E-state index in [1.807, 2.05) is 60.6 Å². The number of carbonyl (C=O) groups is 1. The Hall–Kier alpha value is -3.03. The molecule has 0 unspecified atom stereocenters. The number of hydrogen-bond donors (Lipinski definition) is 0.